The predicted molar refractivity (Wildman–Crippen MR) is 140 cm³/mol. The lowest BCUT2D eigenvalue weighted by atomic mass is 10.0. The molecule has 3 heterocycles. The Labute approximate surface area is 218 Å². The number of imidazole rings is 1. The van der Waals surface area contributed by atoms with Gasteiger partial charge in [0.25, 0.3) is 5.91 Å². The van der Waals surface area contributed by atoms with Crippen molar-refractivity contribution < 1.29 is 18.0 Å². The summed E-state index contributed by atoms with van der Waals surface area (Å²) in [5, 5.41) is 2.43. The predicted octanol–water partition coefficient (Wildman–Crippen LogP) is 5.68. The van der Waals surface area contributed by atoms with Crippen LogP contribution in [-0.4, -0.2) is 45.5 Å². The minimum Gasteiger partial charge on any atom is -0.327 e. The van der Waals surface area contributed by atoms with Crippen molar-refractivity contribution in [1.29, 1.82) is 0 Å². The third-order valence-corrected chi connectivity index (χ3v) is 6.83. The van der Waals surface area contributed by atoms with Crippen LogP contribution in [0, 0.1) is 18.8 Å². The van der Waals surface area contributed by atoms with E-state index < -0.39 is 17.6 Å². The molecule has 2 aromatic carbocycles. The standard InChI is InChI=1S/C29H26F3N5O/c1-19-3-6-22(28(38)35-27-17-23(9-12-33-27)29(30,31)32)16-21(19)7-4-20-5-8-26-25(15-20)34-18-37(26)24-10-13-36(2)14-11-24/h3,5-6,8-9,12,15-18,24H,10-11,13-14H2,1-2H3,(H,33,35,38). The van der Waals surface area contributed by atoms with Crippen LogP contribution in [0.4, 0.5) is 19.0 Å². The number of aromatic nitrogens is 3. The number of nitrogens with zero attached hydrogens (tertiary/aromatic N) is 4. The Kier molecular flexibility index (Phi) is 6.91. The van der Waals surface area contributed by atoms with Gasteiger partial charge in [0.15, 0.2) is 0 Å². The fourth-order valence-corrected chi connectivity index (χ4v) is 4.57. The van der Waals surface area contributed by atoms with Gasteiger partial charge >= 0.3 is 6.18 Å². The number of nitrogens with one attached hydrogen (secondary N) is 1. The van der Waals surface area contributed by atoms with Gasteiger partial charge in [0.1, 0.15) is 5.82 Å². The maximum Gasteiger partial charge on any atom is 0.416 e. The first-order valence-corrected chi connectivity index (χ1v) is 12.3. The molecule has 2 aromatic heterocycles. The summed E-state index contributed by atoms with van der Waals surface area (Å²) < 4.78 is 41.2. The molecule has 4 aromatic rings. The molecule has 0 unspecified atom stereocenters. The number of alkyl halides is 3. The fourth-order valence-electron chi connectivity index (χ4n) is 4.57. The highest BCUT2D eigenvalue weighted by Crippen LogP contribution is 2.30. The summed E-state index contributed by atoms with van der Waals surface area (Å²) in [7, 11) is 2.14. The zero-order valence-electron chi connectivity index (χ0n) is 21.0. The number of carbonyl (C=O) groups excluding carboxylic acids is 1. The largest absolute Gasteiger partial charge is 0.416 e. The second kappa shape index (κ2) is 10.3. The number of halogens is 3. The van der Waals surface area contributed by atoms with Gasteiger partial charge in [0.05, 0.1) is 22.9 Å². The number of aryl methyl sites for hydroxylation is 1. The van der Waals surface area contributed by atoms with Gasteiger partial charge in [0, 0.05) is 28.9 Å². The maximum absolute atomic E-state index is 13.0. The normalized spacial score (nSPS) is 14.8. The van der Waals surface area contributed by atoms with Crippen LogP contribution in [0.1, 0.15) is 51.5 Å². The van der Waals surface area contributed by atoms with E-state index >= 15 is 0 Å². The lowest BCUT2D eigenvalue weighted by Crippen LogP contribution is -2.31. The number of benzene rings is 2. The molecule has 0 bridgehead atoms. The molecule has 0 aliphatic carbocycles. The van der Waals surface area contributed by atoms with Crippen LogP contribution in [0.3, 0.4) is 0 Å². The average Bonchev–Trinajstić information content (AvgIpc) is 3.31. The van der Waals surface area contributed by atoms with E-state index in [4.69, 9.17) is 0 Å². The van der Waals surface area contributed by atoms with Gasteiger partial charge in [-0.1, -0.05) is 17.9 Å². The van der Waals surface area contributed by atoms with E-state index in [-0.39, 0.29) is 11.4 Å². The molecule has 1 aliphatic heterocycles. The second-order valence-corrected chi connectivity index (χ2v) is 9.55. The van der Waals surface area contributed by atoms with Crippen molar-refractivity contribution in [3.05, 3.63) is 88.9 Å². The molecule has 1 saturated heterocycles. The van der Waals surface area contributed by atoms with Crippen LogP contribution in [-0.2, 0) is 6.18 Å². The van der Waals surface area contributed by atoms with E-state index in [2.05, 4.69) is 43.6 Å². The molecule has 0 radical (unpaired) electrons. The molecule has 38 heavy (non-hydrogen) atoms. The highest BCUT2D eigenvalue weighted by molar-refractivity contribution is 6.04. The van der Waals surface area contributed by atoms with Crippen LogP contribution in [0.5, 0.6) is 0 Å². The monoisotopic (exact) mass is 517 g/mol. The fraction of sp³-hybridized carbons (Fsp3) is 0.276. The molecule has 6 nitrogen and oxygen atoms in total. The molecule has 1 N–H and O–H groups in total. The smallest absolute Gasteiger partial charge is 0.327 e. The third-order valence-electron chi connectivity index (χ3n) is 6.83. The number of hydrogen-bond donors (Lipinski definition) is 1. The summed E-state index contributed by atoms with van der Waals surface area (Å²) in [6.45, 7) is 4.02. The SMILES string of the molecule is Cc1ccc(C(=O)Nc2cc(C(F)(F)F)ccn2)cc1C#Cc1ccc2c(c1)ncn2C1CCN(C)CC1. The molecular formula is C29H26F3N5O. The van der Waals surface area contributed by atoms with E-state index in [9.17, 15) is 18.0 Å². The van der Waals surface area contributed by atoms with Gasteiger partial charge in [-0.2, -0.15) is 13.2 Å². The van der Waals surface area contributed by atoms with Gasteiger partial charge in [-0.15, -0.1) is 0 Å². The van der Waals surface area contributed by atoms with Crippen LogP contribution in [0.25, 0.3) is 11.0 Å². The van der Waals surface area contributed by atoms with E-state index in [0.717, 1.165) is 66.4 Å². The average molecular weight is 518 g/mol. The number of pyridine rings is 1. The van der Waals surface area contributed by atoms with Crippen molar-refractivity contribution in [2.24, 2.45) is 0 Å². The summed E-state index contributed by atoms with van der Waals surface area (Å²) in [4.78, 5) is 23.5. The number of anilines is 1. The lowest BCUT2D eigenvalue weighted by Gasteiger charge is -2.30. The number of piperidine rings is 1. The summed E-state index contributed by atoms with van der Waals surface area (Å²) in [6, 6.07) is 13.0. The van der Waals surface area contributed by atoms with Crippen LogP contribution in [0.15, 0.2) is 61.1 Å². The van der Waals surface area contributed by atoms with Crippen LogP contribution in [0.2, 0.25) is 0 Å². The minimum atomic E-state index is -4.52. The first-order valence-electron chi connectivity index (χ1n) is 12.3. The highest BCUT2D eigenvalue weighted by atomic mass is 19.4. The first-order chi connectivity index (χ1) is 18.2. The number of carbonyl (C=O) groups is 1. The quantitative estimate of drug-likeness (QED) is 0.356. The van der Waals surface area contributed by atoms with Gasteiger partial charge in [-0.3, -0.25) is 4.79 Å². The van der Waals surface area contributed by atoms with Crippen molar-refractivity contribution in [1.82, 2.24) is 19.4 Å². The first kappa shape index (κ1) is 25.5. The van der Waals surface area contributed by atoms with E-state index in [1.165, 1.54) is 0 Å². The minimum absolute atomic E-state index is 0.175. The topological polar surface area (TPSA) is 63.1 Å². The summed E-state index contributed by atoms with van der Waals surface area (Å²) in [5.41, 5.74) is 3.68. The van der Waals surface area contributed by atoms with Crippen molar-refractivity contribution >= 4 is 22.8 Å². The van der Waals surface area contributed by atoms with Crippen molar-refractivity contribution in [2.75, 3.05) is 25.5 Å². The van der Waals surface area contributed by atoms with Gasteiger partial charge in [-0.25, -0.2) is 9.97 Å². The van der Waals surface area contributed by atoms with Crippen LogP contribution >= 0.6 is 0 Å². The lowest BCUT2D eigenvalue weighted by molar-refractivity contribution is -0.137. The van der Waals surface area contributed by atoms with Crippen molar-refractivity contribution in [3.63, 3.8) is 0 Å². The molecule has 0 saturated carbocycles. The molecule has 5 rings (SSSR count). The Morgan fingerprint density at radius 1 is 1.03 bits per heavy atom. The molecule has 1 fully saturated rings. The molecule has 194 valence electrons. The number of amides is 1. The molecule has 1 aliphatic rings. The Balaban J connectivity index is 1.34. The van der Waals surface area contributed by atoms with E-state index in [0.29, 0.717) is 11.6 Å². The zero-order valence-corrected chi connectivity index (χ0v) is 21.0. The molecule has 0 atom stereocenters. The van der Waals surface area contributed by atoms with Gasteiger partial charge in [-0.05, 0) is 87.9 Å². The number of fused-ring (bicyclic) bond motifs is 1. The van der Waals surface area contributed by atoms with Gasteiger partial charge < -0.3 is 14.8 Å². The summed E-state index contributed by atoms with van der Waals surface area (Å²) in [5.74, 6) is 5.53. The van der Waals surface area contributed by atoms with Crippen molar-refractivity contribution in [2.45, 2.75) is 32.0 Å². The molecule has 1 amide bonds. The summed E-state index contributed by atoms with van der Waals surface area (Å²) >= 11 is 0. The second-order valence-electron chi connectivity index (χ2n) is 9.55. The zero-order chi connectivity index (χ0) is 26.9. The Hall–Kier alpha value is -4.16. The Morgan fingerprint density at radius 2 is 1.82 bits per heavy atom. The number of rotatable bonds is 3. The molecule has 9 heteroatoms. The maximum atomic E-state index is 13.0. The number of likely N-dealkylation sites (tertiary alicyclic amines) is 1. The molecule has 0 spiro atoms. The van der Waals surface area contributed by atoms with E-state index in [1.807, 2.05) is 31.5 Å². The highest BCUT2D eigenvalue weighted by Gasteiger charge is 2.31. The molecular weight excluding hydrogens is 491 g/mol. The third kappa shape index (κ3) is 5.55. The number of hydrogen-bond acceptors (Lipinski definition) is 4. The summed E-state index contributed by atoms with van der Waals surface area (Å²) in [6.07, 6.45) is 0.581. The van der Waals surface area contributed by atoms with Crippen LogP contribution < -0.4 is 5.32 Å². The van der Waals surface area contributed by atoms with E-state index in [1.54, 1.807) is 18.2 Å². The Bertz CT molecular complexity index is 1560. The van der Waals surface area contributed by atoms with Gasteiger partial charge in [0.2, 0.25) is 0 Å². The Morgan fingerprint density at radius 3 is 2.58 bits per heavy atom. The van der Waals surface area contributed by atoms with Crippen molar-refractivity contribution in [3.8, 4) is 11.8 Å².